The Hall–Kier alpha value is -3.93. The first kappa shape index (κ1) is 29.1. The van der Waals surface area contributed by atoms with Gasteiger partial charge in [0.2, 0.25) is 5.95 Å². The highest BCUT2D eigenvalue weighted by Crippen LogP contribution is 2.32. The van der Waals surface area contributed by atoms with Gasteiger partial charge in [-0.3, -0.25) is 0 Å². The maximum atomic E-state index is 12.1. The zero-order valence-corrected chi connectivity index (χ0v) is 24.3. The van der Waals surface area contributed by atoms with Crippen molar-refractivity contribution < 1.29 is 14.3 Å². The lowest BCUT2D eigenvalue weighted by Gasteiger charge is -2.31. The first-order chi connectivity index (χ1) is 19.4. The number of rotatable bonds is 10. The Morgan fingerprint density at radius 3 is 2.58 bits per heavy atom. The molecule has 3 amide bonds. The van der Waals surface area contributed by atoms with E-state index in [1.54, 1.807) is 16.2 Å². The van der Waals surface area contributed by atoms with E-state index < -0.39 is 0 Å². The number of urea groups is 1. The minimum atomic E-state index is -0.268. The number of piperidine rings is 1. The fourth-order valence-corrected chi connectivity index (χ4v) is 5.33. The summed E-state index contributed by atoms with van der Waals surface area (Å²) in [5.41, 5.74) is 3.36. The van der Waals surface area contributed by atoms with Crippen molar-refractivity contribution in [2.45, 2.75) is 59.2 Å². The van der Waals surface area contributed by atoms with Crippen molar-refractivity contribution in [1.82, 2.24) is 30.5 Å². The molecule has 0 radical (unpaired) electrons. The van der Waals surface area contributed by atoms with Crippen LogP contribution >= 0.6 is 11.3 Å². The van der Waals surface area contributed by atoms with Gasteiger partial charge < -0.3 is 30.9 Å². The van der Waals surface area contributed by atoms with Gasteiger partial charge in [0.1, 0.15) is 0 Å². The lowest BCUT2D eigenvalue weighted by molar-refractivity contribution is 0.0983. The number of carbonyl (C=O) groups excluding carboxylic acids is 2. The summed E-state index contributed by atoms with van der Waals surface area (Å²) in [4.78, 5) is 41.1. The number of nitrogens with one attached hydrogen (secondary N) is 4. The number of anilines is 2. The number of thiazole rings is 1. The molecule has 0 saturated carbocycles. The summed E-state index contributed by atoms with van der Waals surface area (Å²) in [6.45, 7) is 10.3. The van der Waals surface area contributed by atoms with Gasteiger partial charge in [0.05, 0.1) is 22.9 Å². The Morgan fingerprint density at radius 1 is 1.10 bits per heavy atom. The summed E-state index contributed by atoms with van der Waals surface area (Å²) in [6.07, 6.45) is 3.08. The molecular weight excluding hydrogens is 528 g/mol. The van der Waals surface area contributed by atoms with Gasteiger partial charge >= 0.3 is 12.1 Å². The Kier molecular flexibility index (Phi) is 10.1. The quantitative estimate of drug-likeness (QED) is 0.271. The number of benzene rings is 1. The van der Waals surface area contributed by atoms with Crippen LogP contribution in [0.5, 0.6) is 0 Å². The van der Waals surface area contributed by atoms with E-state index in [0.717, 1.165) is 45.4 Å². The van der Waals surface area contributed by atoms with Gasteiger partial charge in [0.25, 0.3) is 0 Å². The Labute approximate surface area is 239 Å². The van der Waals surface area contributed by atoms with Gasteiger partial charge in [0, 0.05) is 50.0 Å². The van der Waals surface area contributed by atoms with Crippen molar-refractivity contribution in [2.24, 2.45) is 0 Å². The lowest BCUT2D eigenvalue weighted by atomic mass is 10.0. The van der Waals surface area contributed by atoms with Crippen LogP contribution in [0.2, 0.25) is 0 Å². The summed E-state index contributed by atoms with van der Waals surface area (Å²) in [6, 6.07) is 10.0. The topological polar surface area (TPSA) is 133 Å². The fourth-order valence-electron chi connectivity index (χ4n) is 4.41. The molecule has 1 aliphatic rings. The largest absolute Gasteiger partial charge is 0.450 e. The van der Waals surface area contributed by atoms with Crippen molar-refractivity contribution in [2.75, 3.05) is 36.9 Å². The SMILES string of the molecule is CCNC(=O)NCc1ccccc1-c1cc(-c2cnc(NC(C)C)s2)nc(NC2CCN(C(=O)OCC)CC2)n1. The first-order valence-corrected chi connectivity index (χ1v) is 14.6. The summed E-state index contributed by atoms with van der Waals surface area (Å²) in [7, 11) is 0. The second-order valence-electron chi connectivity index (χ2n) is 9.77. The molecule has 3 aromatic rings. The van der Waals surface area contributed by atoms with Crippen LogP contribution in [0.4, 0.5) is 20.7 Å². The number of ether oxygens (including phenoxy) is 1. The standard InChI is InChI=1S/C28H38N8O3S/c1-5-29-26(37)30-16-19-9-7-8-10-21(19)22-15-23(24-17-31-27(40-24)32-18(3)4)35-25(34-22)33-20-11-13-36(14-12-20)28(38)39-6-2/h7-10,15,17-18,20H,5-6,11-14,16H2,1-4H3,(H,31,32)(H2,29,30,37)(H,33,34,35). The summed E-state index contributed by atoms with van der Waals surface area (Å²) in [5.74, 6) is 0.514. The first-order valence-electron chi connectivity index (χ1n) is 13.8. The number of likely N-dealkylation sites (tertiary alicyclic amines) is 1. The second-order valence-corrected chi connectivity index (χ2v) is 10.8. The molecule has 11 nitrogen and oxygen atoms in total. The van der Waals surface area contributed by atoms with Crippen LogP contribution in [0.25, 0.3) is 21.8 Å². The molecule has 12 heteroatoms. The predicted octanol–water partition coefficient (Wildman–Crippen LogP) is 4.94. The zero-order chi connectivity index (χ0) is 28.5. The molecule has 214 valence electrons. The molecule has 4 rings (SSSR count). The maximum absolute atomic E-state index is 12.1. The molecular formula is C28H38N8O3S. The number of aromatic nitrogens is 3. The van der Waals surface area contributed by atoms with Crippen LogP contribution < -0.4 is 21.3 Å². The second kappa shape index (κ2) is 13.9. The van der Waals surface area contributed by atoms with Gasteiger partial charge in [-0.1, -0.05) is 35.6 Å². The third-order valence-electron chi connectivity index (χ3n) is 6.32. The summed E-state index contributed by atoms with van der Waals surface area (Å²) >= 11 is 1.54. The molecule has 1 fully saturated rings. The maximum Gasteiger partial charge on any atom is 0.409 e. The highest BCUT2D eigenvalue weighted by atomic mass is 32.1. The van der Waals surface area contributed by atoms with Crippen LogP contribution in [-0.2, 0) is 11.3 Å². The van der Waals surface area contributed by atoms with E-state index in [4.69, 9.17) is 14.7 Å². The average molecular weight is 567 g/mol. The van der Waals surface area contributed by atoms with Crippen LogP contribution in [0.15, 0.2) is 36.5 Å². The Bertz CT molecular complexity index is 1290. The monoisotopic (exact) mass is 566 g/mol. The van der Waals surface area contributed by atoms with Gasteiger partial charge in [0.15, 0.2) is 5.13 Å². The molecule has 3 heterocycles. The highest BCUT2D eigenvalue weighted by molar-refractivity contribution is 7.18. The van der Waals surface area contributed by atoms with E-state index in [1.165, 1.54) is 0 Å². The fraction of sp³-hybridized carbons (Fsp3) is 0.464. The van der Waals surface area contributed by atoms with Gasteiger partial charge in [-0.2, -0.15) is 0 Å². The van der Waals surface area contributed by atoms with E-state index >= 15 is 0 Å². The third-order valence-corrected chi connectivity index (χ3v) is 7.27. The summed E-state index contributed by atoms with van der Waals surface area (Å²) in [5, 5.41) is 13.4. The molecule has 0 atom stereocenters. The van der Waals surface area contributed by atoms with Crippen LogP contribution in [0.3, 0.4) is 0 Å². The normalized spacial score (nSPS) is 13.7. The van der Waals surface area contributed by atoms with E-state index in [2.05, 4.69) is 40.1 Å². The molecule has 1 saturated heterocycles. The van der Waals surface area contributed by atoms with Gasteiger partial charge in [-0.25, -0.2) is 24.5 Å². The van der Waals surface area contributed by atoms with E-state index in [-0.39, 0.29) is 24.2 Å². The molecule has 0 aliphatic carbocycles. The number of hydrogen-bond donors (Lipinski definition) is 4. The van der Waals surface area contributed by atoms with Crippen molar-refractivity contribution >= 4 is 34.5 Å². The zero-order valence-electron chi connectivity index (χ0n) is 23.5. The number of nitrogens with zero attached hydrogens (tertiary/aromatic N) is 4. The average Bonchev–Trinajstić information content (AvgIpc) is 3.40. The summed E-state index contributed by atoms with van der Waals surface area (Å²) < 4.78 is 5.15. The van der Waals surface area contributed by atoms with E-state index in [1.807, 2.05) is 50.4 Å². The van der Waals surface area contributed by atoms with Crippen molar-refractivity contribution in [3.63, 3.8) is 0 Å². The van der Waals surface area contributed by atoms with Crippen LogP contribution in [-0.4, -0.2) is 70.3 Å². The van der Waals surface area contributed by atoms with Gasteiger partial charge in [-0.15, -0.1) is 0 Å². The van der Waals surface area contributed by atoms with E-state index in [9.17, 15) is 9.59 Å². The molecule has 0 bridgehead atoms. The highest BCUT2D eigenvalue weighted by Gasteiger charge is 2.24. The molecule has 0 unspecified atom stereocenters. The third kappa shape index (κ3) is 7.81. The Morgan fingerprint density at radius 2 is 1.85 bits per heavy atom. The minimum Gasteiger partial charge on any atom is -0.450 e. The lowest BCUT2D eigenvalue weighted by Crippen LogP contribution is -2.42. The predicted molar refractivity (Wildman–Crippen MR) is 158 cm³/mol. The number of hydrogen-bond acceptors (Lipinski definition) is 9. The molecule has 40 heavy (non-hydrogen) atoms. The minimum absolute atomic E-state index is 0.114. The van der Waals surface area contributed by atoms with Crippen LogP contribution in [0.1, 0.15) is 46.1 Å². The van der Waals surface area contributed by atoms with Gasteiger partial charge in [-0.05, 0) is 52.2 Å². The smallest absolute Gasteiger partial charge is 0.409 e. The molecule has 1 aliphatic heterocycles. The Balaban J connectivity index is 1.62. The van der Waals surface area contributed by atoms with Crippen molar-refractivity contribution in [3.8, 4) is 21.8 Å². The molecule has 2 aromatic heterocycles. The molecule has 0 spiro atoms. The molecule has 4 N–H and O–H groups in total. The van der Waals surface area contributed by atoms with E-state index in [0.29, 0.717) is 38.7 Å². The number of carbonyl (C=O) groups is 2. The number of amides is 3. The van der Waals surface area contributed by atoms with Crippen molar-refractivity contribution in [1.29, 1.82) is 0 Å². The van der Waals surface area contributed by atoms with Crippen molar-refractivity contribution in [3.05, 3.63) is 42.1 Å². The molecule has 1 aromatic carbocycles. The van der Waals surface area contributed by atoms with Crippen LogP contribution in [0, 0.1) is 0 Å².